The van der Waals surface area contributed by atoms with E-state index in [2.05, 4.69) is 0 Å². The molecule has 6 heteroatoms. The van der Waals surface area contributed by atoms with Crippen molar-refractivity contribution in [1.82, 2.24) is 0 Å². The topological polar surface area (TPSA) is 65.1 Å². The molecule has 0 N–H and O–H groups in total. The minimum Gasteiger partial charge on any atom is -0.464 e. The van der Waals surface area contributed by atoms with E-state index in [0.29, 0.717) is 6.61 Å². The minimum absolute atomic E-state index is 0.0866. The number of hydrogen-bond donors (Lipinski definition) is 0. The molecule has 6 nitrogen and oxygen atoms in total. The first-order valence-corrected chi connectivity index (χ1v) is 11.0. The first-order chi connectivity index (χ1) is 15.2. The molecule has 2 aliphatic rings. The third kappa shape index (κ3) is 4.04. The Bertz CT molecular complexity index is 897. The van der Waals surface area contributed by atoms with Gasteiger partial charge in [-0.05, 0) is 38.3 Å². The maximum Gasteiger partial charge on any atom is 0.340 e. The summed E-state index contributed by atoms with van der Waals surface area (Å²) in [6, 6.07) is 16.5. The average Bonchev–Trinajstić information content (AvgIpc) is 2.80. The highest BCUT2D eigenvalue weighted by atomic mass is 16.6. The van der Waals surface area contributed by atoms with Gasteiger partial charge in [0.15, 0.2) is 0 Å². The number of nitrogens with zero attached hydrogens (tertiary/aromatic N) is 1. The first kappa shape index (κ1) is 21.4. The Balaban J connectivity index is 1.91. The fraction of sp³-hybridized carbons (Fsp3) is 0.440. The molecule has 1 fully saturated rings. The fourth-order valence-electron chi connectivity index (χ4n) is 4.89. The van der Waals surface area contributed by atoms with E-state index >= 15 is 0 Å². The van der Waals surface area contributed by atoms with Crippen molar-refractivity contribution in [3.8, 4) is 0 Å². The first-order valence-electron chi connectivity index (χ1n) is 11.0. The van der Waals surface area contributed by atoms with Crippen LogP contribution in [0.4, 0.5) is 5.69 Å². The maximum atomic E-state index is 13.1. The van der Waals surface area contributed by atoms with Crippen LogP contribution in [0.2, 0.25) is 0 Å². The number of carbonyl (C=O) groups excluding carboxylic acids is 2. The van der Waals surface area contributed by atoms with E-state index in [4.69, 9.17) is 14.2 Å². The van der Waals surface area contributed by atoms with Gasteiger partial charge in [0, 0.05) is 23.8 Å². The van der Waals surface area contributed by atoms with Crippen LogP contribution in [0.1, 0.15) is 50.0 Å². The van der Waals surface area contributed by atoms with Gasteiger partial charge < -0.3 is 19.1 Å². The summed E-state index contributed by atoms with van der Waals surface area (Å²) in [5.74, 6) is -1.09. The van der Waals surface area contributed by atoms with E-state index in [-0.39, 0.29) is 31.3 Å². The summed E-state index contributed by atoms with van der Waals surface area (Å²) in [7, 11) is 0. The van der Waals surface area contributed by atoms with E-state index in [9.17, 15) is 9.59 Å². The van der Waals surface area contributed by atoms with Gasteiger partial charge >= 0.3 is 11.9 Å². The SMILES string of the molecule is CCOC(=O)C(C(=O)OCC)N1c2ccccc2[C@@H]2OCCC[C@@H]2[C@@H]1c1ccccc1. The lowest BCUT2D eigenvalue weighted by Crippen LogP contribution is -2.55. The molecule has 0 aliphatic carbocycles. The number of carbonyl (C=O) groups is 2. The number of anilines is 1. The van der Waals surface area contributed by atoms with E-state index in [0.717, 1.165) is 29.7 Å². The van der Waals surface area contributed by atoms with Gasteiger partial charge in [-0.3, -0.25) is 0 Å². The molecule has 0 bridgehead atoms. The molecular formula is C25H29NO5. The van der Waals surface area contributed by atoms with Crippen LogP contribution in [-0.4, -0.2) is 37.8 Å². The van der Waals surface area contributed by atoms with Gasteiger partial charge in [-0.15, -0.1) is 0 Å². The van der Waals surface area contributed by atoms with Crippen molar-refractivity contribution in [3.05, 3.63) is 65.7 Å². The second kappa shape index (κ2) is 9.52. The van der Waals surface area contributed by atoms with Crippen molar-refractivity contribution >= 4 is 17.6 Å². The Hall–Kier alpha value is -2.86. The summed E-state index contributed by atoms with van der Waals surface area (Å²) in [5.41, 5.74) is 2.85. The van der Waals surface area contributed by atoms with Crippen molar-refractivity contribution in [3.63, 3.8) is 0 Å². The molecule has 2 aliphatic heterocycles. The molecule has 4 rings (SSSR count). The van der Waals surface area contributed by atoms with Crippen LogP contribution in [0.5, 0.6) is 0 Å². The van der Waals surface area contributed by atoms with Crippen molar-refractivity contribution < 1.29 is 23.8 Å². The number of hydrogen-bond acceptors (Lipinski definition) is 6. The van der Waals surface area contributed by atoms with Gasteiger partial charge in [-0.2, -0.15) is 0 Å². The van der Waals surface area contributed by atoms with Crippen LogP contribution in [-0.2, 0) is 23.8 Å². The largest absolute Gasteiger partial charge is 0.464 e. The second-order valence-electron chi connectivity index (χ2n) is 7.83. The van der Waals surface area contributed by atoms with Gasteiger partial charge in [0.1, 0.15) is 0 Å². The van der Waals surface area contributed by atoms with Crippen LogP contribution in [0.3, 0.4) is 0 Å². The molecule has 0 amide bonds. The molecule has 0 radical (unpaired) electrons. The van der Waals surface area contributed by atoms with Crippen LogP contribution in [0.15, 0.2) is 54.6 Å². The standard InChI is InChI=1S/C25H29NO5/c1-3-29-24(27)22(25(28)30-4-2)26-20-15-9-8-13-18(20)23-19(14-10-16-31-23)21(26)17-11-6-5-7-12-17/h5-9,11-13,15,19,21-23H,3-4,10,14,16H2,1-2H3/t19-,21+,23+/m1/s1. The molecule has 0 saturated carbocycles. The monoisotopic (exact) mass is 423 g/mol. The number of benzene rings is 2. The highest BCUT2D eigenvalue weighted by Gasteiger charge is 2.50. The third-order valence-electron chi connectivity index (χ3n) is 6.03. The Labute approximate surface area is 183 Å². The molecular weight excluding hydrogens is 394 g/mol. The lowest BCUT2D eigenvalue weighted by molar-refractivity contribution is -0.157. The number of rotatable bonds is 6. The van der Waals surface area contributed by atoms with E-state index in [1.165, 1.54) is 0 Å². The van der Waals surface area contributed by atoms with Crippen molar-refractivity contribution in [1.29, 1.82) is 0 Å². The van der Waals surface area contributed by atoms with Gasteiger partial charge in [0.25, 0.3) is 0 Å². The van der Waals surface area contributed by atoms with Gasteiger partial charge in [0.2, 0.25) is 6.04 Å². The molecule has 31 heavy (non-hydrogen) atoms. The maximum absolute atomic E-state index is 13.1. The second-order valence-corrected chi connectivity index (χ2v) is 7.83. The minimum atomic E-state index is -1.19. The van der Waals surface area contributed by atoms with Crippen molar-refractivity contribution in [2.75, 3.05) is 24.7 Å². The summed E-state index contributed by atoms with van der Waals surface area (Å²) in [4.78, 5) is 28.1. The summed E-state index contributed by atoms with van der Waals surface area (Å²) in [5, 5.41) is 0. The molecule has 0 aromatic heterocycles. The Morgan fingerprint density at radius 2 is 1.65 bits per heavy atom. The highest BCUT2D eigenvalue weighted by Crippen LogP contribution is 2.53. The number of fused-ring (bicyclic) bond motifs is 3. The molecule has 0 unspecified atom stereocenters. The van der Waals surface area contributed by atoms with E-state index in [1.807, 2.05) is 59.5 Å². The molecule has 0 spiro atoms. The zero-order valence-corrected chi connectivity index (χ0v) is 18.0. The predicted octanol–water partition coefficient (Wildman–Crippen LogP) is 4.21. The Morgan fingerprint density at radius 3 is 2.32 bits per heavy atom. The smallest absolute Gasteiger partial charge is 0.340 e. The molecule has 2 aromatic rings. The fourth-order valence-corrected chi connectivity index (χ4v) is 4.89. The van der Waals surface area contributed by atoms with Crippen LogP contribution in [0, 0.1) is 5.92 Å². The summed E-state index contributed by atoms with van der Waals surface area (Å²) >= 11 is 0. The Morgan fingerprint density at radius 1 is 1.00 bits per heavy atom. The summed E-state index contributed by atoms with van der Waals surface area (Å²) in [6.45, 7) is 4.56. The van der Waals surface area contributed by atoms with E-state index in [1.54, 1.807) is 13.8 Å². The average molecular weight is 424 g/mol. The molecule has 2 aromatic carbocycles. The zero-order chi connectivity index (χ0) is 21.8. The quantitative estimate of drug-likeness (QED) is 0.512. The number of esters is 2. The van der Waals surface area contributed by atoms with Crippen molar-refractivity contribution in [2.24, 2.45) is 5.92 Å². The van der Waals surface area contributed by atoms with Gasteiger partial charge in [-0.1, -0.05) is 48.5 Å². The third-order valence-corrected chi connectivity index (χ3v) is 6.03. The Kier molecular flexibility index (Phi) is 6.56. The normalized spacial score (nSPS) is 22.4. The van der Waals surface area contributed by atoms with E-state index < -0.39 is 18.0 Å². The number of para-hydroxylation sites is 1. The molecule has 1 saturated heterocycles. The lowest BCUT2D eigenvalue weighted by Gasteiger charge is -2.50. The van der Waals surface area contributed by atoms with Crippen LogP contribution in [0.25, 0.3) is 0 Å². The highest BCUT2D eigenvalue weighted by molar-refractivity contribution is 6.03. The predicted molar refractivity (Wildman–Crippen MR) is 117 cm³/mol. The van der Waals surface area contributed by atoms with Crippen LogP contribution >= 0.6 is 0 Å². The summed E-state index contributed by atoms with van der Waals surface area (Å²) in [6.07, 6.45) is 1.79. The van der Waals surface area contributed by atoms with Crippen LogP contribution < -0.4 is 4.90 Å². The number of ether oxygens (including phenoxy) is 3. The summed E-state index contributed by atoms with van der Waals surface area (Å²) < 4.78 is 16.9. The molecule has 164 valence electrons. The van der Waals surface area contributed by atoms with Crippen molar-refractivity contribution in [2.45, 2.75) is 44.9 Å². The lowest BCUT2D eigenvalue weighted by atomic mass is 9.75. The molecule has 3 atom stereocenters. The molecule has 2 heterocycles. The zero-order valence-electron chi connectivity index (χ0n) is 18.0. The van der Waals surface area contributed by atoms with Gasteiger partial charge in [-0.25, -0.2) is 9.59 Å². The van der Waals surface area contributed by atoms with Gasteiger partial charge in [0.05, 0.1) is 25.4 Å².